The number of nitrogens with zero attached hydrogens (tertiary/aromatic N) is 3. The van der Waals surface area contributed by atoms with Crippen molar-refractivity contribution < 1.29 is 4.79 Å². The summed E-state index contributed by atoms with van der Waals surface area (Å²) in [6.07, 6.45) is 1.24. The molecule has 0 saturated heterocycles. The number of thiazole rings is 1. The molecule has 0 aliphatic heterocycles. The number of likely N-dealkylation sites (N-methyl/N-ethyl adjacent to an activating group) is 1. The van der Waals surface area contributed by atoms with Gasteiger partial charge in [-0.15, -0.1) is 12.4 Å². The van der Waals surface area contributed by atoms with Crippen molar-refractivity contribution in [2.75, 3.05) is 32.1 Å². The molecule has 1 amide bonds. The number of anilines is 1. The van der Waals surface area contributed by atoms with Gasteiger partial charge in [0.25, 0.3) is 0 Å². The van der Waals surface area contributed by atoms with Crippen LogP contribution in [-0.2, 0) is 11.2 Å². The van der Waals surface area contributed by atoms with E-state index in [2.05, 4.69) is 36.1 Å². The first kappa shape index (κ1) is 21.4. The van der Waals surface area contributed by atoms with Crippen molar-refractivity contribution >= 4 is 45.0 Å². The summed E-state index contributed by atoms with van der Waals surface area (Å²) in [4.78, 5) is 21.6. The van der Waals surface area contributed by atoms with E-state index in [1.54, 1.807) is 11.3 Å². The van der Waals surface area contributed by atoms with Crippen LogP contribution in [0.4, 0.5) is 5.13 Å². The number of rotatable bonds is 7. The Morgan fingerprint density at radius 3 is 2.52 bits per heavy atom. The second-order valence-electron chi connectivity index (χ2n) is 6.80. The molecule has 144 valence electrons. The van der Waals surface area contributed by atoms with Crippen molar-refractivity contribution in [1.29, 1.82) is 0 Å². The second-order valence-corrected chi connectivity index (χ2v) is 7.81. The highest BCUT2D eigenvalue weighted by molar-refractivity contribution is 7.22. The maximum absolute atomic E-state index is 12.9. The van der Waals surface area contributed by atoms with Crippen LogP contribution >= 0.6 is 23.7 Å². The van der Waals surface area contributed by atoms with E-state index in [1.165, 1.54) is 11.1 Å². The summed E-state index contributed by atoms with van der Waals surface area (Å²) >= 11 is 1.60. The van der Waals surface area contributed by atoms with Gasteiger partial charge >= 0.3 is 0 Å². The molecule has 0 aliphatic carbocycles. The molecule has 0 spiro atoms. The van der Waals surface area contributed by atoms with Crippen molar-refractivity contribution in [3.63, 3.8) is 0 Å². The quantitative estimate of drug-likeness (QED) is 0.580. The van der Waals surface area contributed by atoms with Gasteiger partial charge in [0, 0.05) is 19.5 Å². The topological polar surface area (TPSA) is 36.4 Å². The third-order valence-electron chi connectivity index (χ3n) is 4.31. The summed E-state index contributed by atoms with van der Waals surface area (Å²) in [5, 5.41) is 0.797. The largest absolute Gasteiger partial charge is 0.308 e. The molecule has 0 bridgehead atoms. The van der Waals surface area contributed by atoms with Crippen LogP contribution in [0.2, 0.25) is 0 Å². The van der Waals surface area contributed by atoms with Gasteiger partial charge in [-0.25, -0.2) is 4.98 Å². The number of fused-ring (bicyclic) bond motifs is 1. The molecule has 0 aliphatic rings. The number of carbonyl (C=O) groups excluding carboxylic acids is 1. The van der Waals surface area contributed by atoms with Gasteiger partial charge in [0.15, 0.2) is 5.13 Å². The van der Waals surface area contributed by atoms with Crippen LogP contribution in [0.3, 0.4) is 0 Å². The SMILES string of the molecule is Cc1ccc2nc(N(CCN(C)C)C(=O)CCc3ccccc3)sc2c1.Cl. The number of amides is 1. The zero-order valence-corrected chi connectivity index (χ0v) is 17.6. The third-order valence-corrected chi connectivity index (χ3v) is 5.35. The van der Waals surface area contributed by atoms with E-state index in [0.29, 0.717) is 13.0 Å². The smallest absolute Gasteiger partial charge is 0.229 e. The fourth-order valence-corrected chi connectivity index (χ4v) is 3.90. The zero-order chi connectivity index (χ0) is 18.5. The van der Waals surface area contributed by atoms with Gasteiger partial charge < -0.3 is 4.90 Å². The predicted molar refractivity (Wildman–Crippen MR) is 117 cm³/mol. The molecule has 27 heavy (non-hydrogen) atoms. The molecule has 6 heteroatoms. The number of halogens is 1. The van der Waals surface area contributed by atoms with Crippen LogP contribution in [0.25, 0.3) is 10.2 Å². The van der Waals surface area contributed by atoms with Gasteiger partial charge in [0.2, 0.25) is 5.91 Å². The summed E-state index contributed by atoms with van der Waals surface area (Å²) in [6, 6.07) is 16.4. The minimum absolute atomic E-state index is 0. The standard InChI is InChI=1S/C21H25N3OS.ClH/c1-16-9-11-18-19(15-16)26-21(22-18)24(14-13-23(2)3)20(25)12-10-17-7-5-4-6-8-17;/h4-9,11,15H,10,12-14H2,1-3H3;1H. The first-order valence-electron chi connectivity index (χ1n) is 8.89. The van der Waals surface area contributed by atoms with E-state index in [0.717, 1.165) is 28.3 Å². The lowest BCUT2D eigenvalue weighted by Gasteiger charge is -2.22. The Labute approximate surface area is 171 Å². The number of aryl methyl sites for hydroxylation is 2. The Bertz CT molecular complexity index is 880. The van der Waals surface area contributed by atoms with Gasteiger partial charge in [0.05, 0.1) is 10.2 Å². The number of benzene rings is 2. The molecule has 3 aromatic rings. The Morgan fingerprint density at radius 2 is 1.81 bits per heavy atom. The van der Waals surface area contributed by atoms with Crippen LogP contribution in [0, 0.1) is 6.92 Å². The lowest BCUT2D eigenvalue weighted by Crippen LogP contribution is -2.36. The maximum Gasteiger partial charge on any atom is 0.229 e. The molecule has 0 radical (unpaired) electrons. The number of hydrogen-bond acceptors (Lipinski definition) is 4. The minimum Gasteiger partial charge on any atom is -0.308 e. The highest BCUT2D eigenvalue weighted by atomic mass is 35.5. The predicted octanol–water partition coefficient (Wildman–Crippen LogP) is 4.55. The van der Waals surface area contributed by atoms with Crippen molar-refractivity contribution in [2.45, 2.75) is 19.8 Å². The monoisotopic (exact) mass is 403 g/mol. The van der Waals surface area contributed by atoms with Crippen LogP contribution in [0.1, 0.15) is 17.5 Å². The summed E-state index contributed by atoms with van der Waals surface area (Å²) in [5.41, 5.74) is 3.36. The third kappa shape index (κ3) is 5.76. The van der Waals surface area contributed by atoms with Crippen LogP contribution in [-0.4, -0.2) is 43.0 Å². The molecule has 0 unspecified atom stereocenters. The second kappa shape index (κ2) is 9.83. The molecular formula is C21H26ClN3OS. The van der Waals surface area contributed by atoms with Crippen molar-refractivity contribution in [3.05, 3.63) is 59.7 Å². The van der Waals surface area contributed by atoms with E-state index in [9.17, 15) is 4.79 Å². The van der Waals surface area contributed by atoms with Gasteiger partial charge in [-0.05, 0) is 50.7 Å². The van der Waals surface area contributed by atoms with E-state index < -0.39 is 0 Å². The molecule has 1 aromatic heterocycles. The van der Waals surface area contributed by atoms with E-state index >= 15 is 0 Å². The molecule has 0 fully saturated rings. The summed E-state index contributed by atoms with van der Waals surface area (Å²) < 4.78 is 1.13. The Balaban J connectivity index is 0.00000261. The number of hydrogen-bond donors (Lipinski definition) is 0. The van der Waals surface area contributed by atoms with E-state index in [-0.39, 0.29) is 18.3 Å². The van der Waals surface area contributed by atoms with Crippen LogP contribution in [0.5, 0.6) is 0 Å². The summed E-state index contributed by atoms with van der Waals surface area (Å²) in [7, 11) is 4.04. The maximum atomic E-state index is 12.9. The minimum atomic E-state index is 0. The molecule has 0 atom stereocenters. The van der Waals surface area contributed by atoms with Crippen LogP contribution in [0.15, 0.2) is 48.5 Å². The fourth-order valence-electron chi connectivity index (χ4n) is 2.79. The number of carbonyl (C=O) groups is 1. The average Bonchev–Trinajstić information content (AvgIpc) is 3.03. The molecule has 0 N–H and O–H groups in total. The fraction of sp³-hybridized carbons (Fsp3) is 0.333. The lowest BCUT2D eigenvalue weighted by molar-refractivity contribution is -0.118. The lowest BCUT2D eigenvalue weighted by atomic mass is 10.1. The molecule has 3 rings (SSSR count). The Hall–Kier alpha value is -1.95. The van der Waals surface area contributed by atoms with Crippen molar-refractivity contribution in [3.8, 4) is 0 Å². The Morgan fingerprint density at radius 1 is 1.07 bits per heavy atom. The molecular weight excluding hydrogens is 378 g/mol. The van der Waals surface area contributed by atoms with E-state index in [4.69, 9.17) is 4.98 Å². The highest BCUT2D eigenvalue weighted by Crippen LogP contribution is 2.30. The zero-order valence-electron chi connectivity index (χ0n) is 16.0. The summed E-state index contributed by atoms with van der Waals surface area (Å²) in [6.45, 7) is 3.54. The first-order chi connectivity index (χ1) is 12.5. The average molecular weight is 404 g/mol. The molecule has 0 saturated carbocycles. The molecule has 1 heterocycles. The summed E-state index contributed by atoms with van der Waals surface area (Å²) in [5.74, 6) is 0.131. The first-order valence-corrected chi connectivity index (χ1v) is 9.71. The van der Waals surface area contributed by atoms with Gasteiger partial charge in [-0.3, -0.25) is 9.69 Å². The van der Waals surface area contributed by atoms with Crippen molar-refractivity contribution in [2.24, 2.45) is 0 Å². The van der Waals surface area contributed by atoms with Crippen molar-refractivity contribution in [1.82, 2.24) is 9.88 Å². The number of aromatic nitrogens is 1. The van der Waals surface area contributed by atoms with Crippen LogP contribution < -0.4 is 4.90 Å². The highest BCUT2D eigenvalue weighted by Gasteiger charge is 2.19. The van der Waals surface area contributed by atoms with Gasteiger partial charge in [0.1, 0.15) is 0 Å². The molecule has 4 nitrogen and oxygen atoms in total. The van der Waals surface area contributed by atoms with Gasteiger partial charge in [-0.2, -0.15) is 0 Å². The molecule has 2 aromatic carbocycles. The Kier molecular flexibility index (Phi) is 7.78. The normalized spacial score (nSPS) is 10.8. The van der Waals surface area contributed by atoms with E-state index in [1.807, 2.05) is 43.3 Å². The van der Waals surface area contributed by atoms with Gasteiger partial charge in [-0.1, -0.05) is 47.7 Å².